The van der Waals surface area contributed by atoms with Crippen LogP contribution in [-0.4, -0.2) is 24.3 Å². The van der Waals surface area contributed by atoms with Gasteiger partial charge in [0.25, 0.3) is 0 Å². The van der Waals surface area contributed by atoms with Crippen LogP contribution in [0.1, 0.15) is 41.5 Å². The first-order valence-corrected chi connectivity index (χ1v) is 10.1. The third-order valence-corrected chi connectivity index (χ3v) is 5.55. The van der Waals surface area contributed by atoms with Gasteiger partial charge in [-0.25, -0.2) is 14.6 Å². The van der Waals surface area contributed by atoms with Crippen molar-refractivity contribution in [2.75, 3.05) is 0 Å². The number of hydrogen-bond donors (Lipinski definition) is 1. The Morgan fingerprint density at radius 1 is 1.10 bits per heavy atom. The average Bonchev–Trinajstić information content (AvgIpc) is 3.40. The number of fused-ring (bicyclic) bond motifs is 1. The maximum Gasteiger partial charge on any atom is 0.153 e. The molecule has 1 aliphatic rings. The summed E-state index contributed by atoms with van der Waals surface area (Å²) < 4.78 is 4.14. The molecule has 0 bridgehead atoms. The number of rotatable bonds is 5. The van der Waals surface area contributed by atoms with Gasteiger partial charge in [0.05, 0.1) is 18.4 Å². The molecule has 1 N–H and O–H groups in total. The summed E-state index contributed by atoms with van der Waals surface area (Å²) in [5.74, 6) is 1.89. The second-order valence-corrected chi connectivity index (χ2v) is 7.52. The second kappa shape index (κ2) is 7.64. The Hall–Kier alpha value is -3.25. The lowest BCUT2D eigenvalue weighted by Crippen LogP contribution is -2.26. The van der Waals surface area contributed by atoms with E-state index in [9.17, 15) is 0 Å². The number of aryl methyl sites for hydroxylation is 1. The van der Waals surface area contributed by atoms with Crippen molar-refractivity contribution < 1.29 is 0 Å². The van der Waals surface area contributed by atoms with Gasteiger partial charge in [-0.3, -0.25) is 0 Å². The van der Waals surface area contributed by atoms with E-state index in [-0.39, 0.29) is 6.04 Å². The van der Waals surface area contributed by atoms with Gasteiger partial charge >= 0.3 is 0 Å². The van der Waals surface area contributed by atoms with Crippen LogP contribution in [0.5, 0.6) is 0 Å². The number of aromatic nitrogens is 5. The first-order valence-electron chi connectivity index (χ1n) is 10.1. The van der Waals surface area contributed by atoms with Gasteiger partial charge in [0.2, 0.25) is 0 Å². The lowest BCUT2D eigenvalue weighted by Gasteiger charge is -2.24. The van der Waals surface area contributed by atoms with Crippen molar-refractivity contribution >= 4 is 0 Å². The Balaban J connectivity index is 1.37. The van der Waals surface area contributed by atoms with E-state index in [1.54, 1.807) is 0 Å². The Bertz CT molecular complexity index is 1110. The quantitative estimate of drug-likeness (QED) is 0.566. The summed E-state index contributed by atoms with van der Waals surface area (Å²) in [6.07, 6.45) is 11.0. The molecule has 0 aliphatic heterocycles. The lowest BCUT2D eigenvalue weighted by atomic mass is 9.93. The largest absolute Gasteiger partial charge is 0.303 e. The van der Waals surface area contributed by atoms with Crippen molar-refractivity contribution in [1.29, 1.82) is 0 Å². The van der Waals surface area contributed by atoms with E-state index in [0.717, 1.165) is 36.6 Å². The highest BCUT2D eigenvalue weighted by Gasteiger charge is 2.25. The monoisotopic (exact) mass is 384 g/mol. The van der Waals surface area contributed by atoms with Crippen molar-refractivity contribution in [3.8, 4) is 11.5 Å². The number of benzene rings is 1. The van der Waals surface area contributed by atoms with Crippen LogP contribution in [0.15, 0.2) is 67.3 Å². The fourth-order valence-electron chi connectivity index (χ4n) is 4.14. The summed E-state index contributed by atoms with van der Waals surface area (Å²) in [5, 5.41) is 8.34. The van der Waals surface area contributed by atoms with E-state index in [2.05, 4.69) is 56.1 Å². The van der Waals surface area contributed by atoms with E-state index in [0.29, 0.717) is 6.54 Å². The van der Waals surface area contributed by atoms with Crippen LogP contribution in [0.2, 0.25) is 0 Å². The topological polar surface area (TPSA) is 60.6 Å². The predicted molar refractivity (Wildman–Crippen MR) is 112 cm³/mol. The van der Waals surface area contributed by atoms with E-state index in [1.165, 1.54) is 16.8 Å². The van der Waals surface area contributed by atoms with Gasteiger partial charge in [0.15, 0.2) is 5.82 Å². The summed E-state index contributed by atoms with van der Waals surface area (Å²) in [5.41, 5.74) is 4.92. The minimum Gasteiger partial charge on any atom is -0.303 e. The molecule has 0 radical (unpaired) electrons. The van der Waals surface area contributed by atoms with Crippen LogP contribution >= 0.6 is 0 Å². The maximum atomic E-state index is 4.63. The maximum absolute atomic E-state index is 4.63. The van der Waals surface area contributed by atoms with Gasteiger partial charge in [0, 0.05) is 35.9 Å². The summed E-state index contributed by atoms with van der Waals surface area (Å²) in [6.45, 7) is 2.82. The van der Waals surface area contributed by atoms with Crippen LogP contribution in [0.25, 0.3) is 11.5 Å². The Morgan fingerprint density at radius 2 is 2.07 bits per heavy atom. The highest BCUT2D eigenvalue weighted by Crippen LogP contribution is 2.31. The Morgan fingerprint density at radius 3 is 2.93 bits per heavy atom. The minimum atomic E-state index is 0.277. The number of nitrogens with one attached hydrogen (secondary N) is 1. The van der Waals surface area contributed by atoms with Crippen molar-refractivity contribution in [2.24, 2.45) is 0 Å². The molecule has 0 fully saturated rings. The molecular weight excluding hydrogens is 360 g/mol. The average molecular weight is 384 g/mol. The summed E-state index contributed by atoms with van der Waals surface area (Å²) in [4.78, 5) is 9.04. The predicted octanol–water partition coefficient (Wildman–Crippen LogP) is 3.93. The van der Waals surface area contributed by atoms with Gasteiger partial charge in [-0.15, -0.1) is 0 Å². The number of pyridine rings is 1. The molecule has 5 rings (SSSR count). The molecule has 1 aliphatic carbocycles. The van der Waals surface area contributed by atoms with Gasteiger partial charge in [-0.1, -0.05) is 18.2 Å². The van der Waals surface area contributed by atoms with Crippen molar-refractivity contribution in [1.82, 2.24) is 29.6 Å². The van der Waals surface area contributed by atoms with Gasteiger partial charge in [0.1, 0.15) is 5.82 Å². The molecule has 6 nitrogen and oxygen atoms in total. The Labute approximate surface area is 170 Å². The zero-order valence-electron chi connectivity index (χ0n) is 16.5. The summed E-state index contributed by atoms with van der Waals surface area (Å²) in [7, 11) is 0. The van der Waals surface area contributed by atoms with Crippen LogP contribution in [0.4, 0.5) is 0 Å². The minimum absolute atomic E-state index is 0.277. The summed E-state index contributed by atoms with van der Waals surface area (Å²) >= 11 is 0. The zero-order chi connectivity index (χ0) is 19.6. The van der Waals surface area contributed by atoms with Crippen LogP contribution in [-0.2, 0) is 13.0 Å². The second-order valence-electron chi connectivity index (χ2n) is 7.52. The van der Waals surface area contributed by atoms with Crippen molar-refractivity contribution in [2.45, 2.75) is 38.8 Å². The van der Waals surface area contributed by atoms with Crippen LogP contribution in [0.3, 0.4) is 0 Å². The molecule has 0 saturated heterocycles. The van der Waals surface area contributed by atoms with E-state index in [1.807, 2.05) is 47.7 Å². The van der Waals surface area contributed by atoms with E-state index < -0.39 is 0 Å². The van der Waals surface area contributed by atoms with Crippen molar-refractivity contribution in [3.05, 3.63) is 89.9 Å². The van der Waals surface area contributed by atoms with Crippen LogP contribution < -0.4 is 5.32 Å². The fourth-order valence-corrected chi connectivity index (χ4v) is 4.14. The molecule has 0 saturated carbocycles. The number of hydrogen-bond acceptors (Lipinski definition) is 4. The molecule has 1 atom stereocenters. The SMILES string of the molecule is Cc1cccc(-n2ccnc2CNC2CCCc3c2cnn3-c2ccccn2)c1. The molecule has 0 amide bonds. The molecule has 0 spiro atoms. The molecule has 1 aromatic carbocycles. The molecule has 146 valence electrons. The molecule has 29 heavy (non-hydrogen) atoms. The number of imidazole rings is 1. The Kier molecular flexibility index (Phi) is 4.69. The molecular formula is C23H24N6. The standard InChI is InChI=1S/C23H24N6/c1-17-6-4-7-18(14-17)28-13-12-25-23(28)16-26-20-8-5-9-21-19(20)15-27-29(21)22-10-2-3-11-24-22/h2-4,6-7,10-15,20,26H,5,8-9,16H2,1H3. The fraction of sp³-hybridized carbons (Fsp3) is 0.261. The smallest absolute Gasteiger partial charge is 0.153 e. The first kappa shape index (κ1) is 17.8. The third kappa shape index (κ3) is 3.47. The lowest BCUT2D eigenvalue weighted by molar-refractivity contribution is 0.447. The molecule has 6 heteroatoms. The highest BCUT2D eigenvalue weighted by atomic mass is 15.3. The van der Waals surface area contributed by atoms with Gasteiger partial charge in [-0.2, -0.15) is 5.10 Å². The number of nitrogens with zero attached hydrogens (tertiary/aromatic N) is 5. The highest BCUT2D eigenvalue weighted by molar-refractivity contribution is 5.37. The first-order chi connectivity index (χ1) is 14.3. The van der Waals surface area contributed by atoms with Crippen molar-refractivity contribution in [3.63, 3.8) is 0 Å². The third-order valence-electron chi connectivity index (χ3n) is 5.55. The molecule has 3 aromatic heterocycles. The molecule has 4 aromatic rings. The molecule has 1 unspecified atom stereocenters. The van der Waals surface area contributed by atoms with E-state index >= 15 is 0 Å². The normalized spacial score (nSPS) is 16.0. The van der Waals surface area contributed by atoms with Gasteiger partial charge < -0.3 is 9.88 Å². The van der Waals surface area contributed by atoms with E-state index in [4.69, 9.17) is 0 Å². The summed E-state index contributed by atoms with van der Waals surface area (Å²) in [6, 6.07) is 14.7. The zero-order valence-corrected chi connectivity index (χ0v) is 16.5. The van der Waals surface area contributed by atoms with Crippen LogP contribution in [0, 0.1) is 6.92 Å². The molecule has 3 heterocycles. The van der Waals surface area contributed by atoms with Gasteiger partial charge in [-0.05, 0) is 56.0 Å².